The molecule has 2 heterocycles. The molecule has 0 saturated heterocycles. The van der Waals surface area contributed by atoms with Crippen LogP contribution in [0.5, 0.6) is 0 Å². The summed E-state index contributed by atoms with van der Waals surface area (Å²) in [4.78, 5) is 7.19. The zero-order valence-corrected chi connectivity index (χ0v) is 20.6. The van der Waals surface area contributed by atoms with E-state index < -0.39 is 28.2 Å². The van der Waals surface area contributed by atoms with Crippen LogP contribution in [0.2, 0.25) is 5.02 Å². The van der Waals surface area contributed by atoms with Crippen molar-refractivity contribution in [2.75, 3.05) is 17.3 Å². The van der Waals surface area contributed by atoms with Gasteiger partial charge >= 0.3 is 201 Å². The third-order valence-corrected chi connectivity index (χ3v) is 9.04. The van der Waals surface area contributed by atoms with E-state index in [1.807, 2.05) is 55.6 Å². The van der Waals surface area contributed by atoms with Crippen LogP contribution in [-0.2, 0) is 22.7 Å². The van der Waals surface area contributed by atoms with Gasteiger partial charge in [-0.25, -0.2) is 0 Å². The molecule has 33 heavy (non-hydrogen) atoms. The van der Waals surface area contributed by atoms with Gasteiger partial charge in [0.2, 0.25) is 0 Å². The first kappa shape index (κ1) is 22.2. The number of rotatable bonds is 3. The van der Waals surface area contributed by atoms with Crippen LogP contribution in [0, 0.1) is 0 Å². The number of nitrogens with one attached hydrogen (secondary N) is 2. The Hall–Kier alpha value is -2.65. The van der Waals surface area contributed by atoms with E-state index in [9.17, 15) is 13.2 Å². The van der Waals surface area contributed by atoms with Crippen LogP contribution in [0.25, 0.3) is 0 Å². The van der Waals surface area contributed by atoms with E-state index in [4.69, 9.17) is 16.6 Å². The Morgan fingerprint density at radius 1 is 1.03 bits per heavy atom. The van der Waals surface area contributed by atoms with Gasteiger partial charge in [0.15, 0.2) is 0 Å². The minimum atomic E-state index is -4.39. The molecule has 0 aliphatic carbocycles. The first-order valence-electron chi connectivity index (χ1n) is 10.0. The maximum atomic E-state index is 13.1. The van der Waals surface area contributed by atoms with Crippen LogP contribution in [-0.4, -0.2) is 27.4 Å². The van der Waals surface area contributed by atoms with Gasteiger partial charge in [-0.1, -0.05) is 0 Å². The van der Waals surface area contributed by atoms with Gasteiger partial charge in [-0.2, -0.15) is 0 Å². The summed E-state index contributed by atoms with van der Waals surface area (Å²) in [5, 5.41) is 7.20. The van der Waals surface area contributed by atoms with Gasteiger partial charge in [0, 0.05) is 0 Å². The van der Waals surface area contributed by atoms with E-state index >= 15 is 0 Å². The number of hydrogen-bond acceptors (Lipinski definition) is 4. The summed E-state index contributed by atoms with van der Waals surface area (Å²) in [6, 6.07) is 20.9. The van der Waals surface area contributed by atoms with Crippen molar-refractivity contribution in [3.8, 4) is 0 Å². The minimum absolute atomic E-state index is 0.309. The summed E-state index contributed by atoms with van der Waals surface area (Å²) in [6.07, 6.45) is -4.69. The fourth-order valence-corrected chi connectivity index (χ4v) is 7.05. The first-order chi connectivity index (χ1) is 15.8. The van der Waals surface area contributed by atoms with Crippen LogP contribution >= 0.6 is 11.6 Å². The summed E-state index contributed by atoms with van der Waals surface area (Å²) in [5.74, 6) is 0. The first-order valence-corrected chi connectivity index (χ1v) is 13.0. The molecule has 3 aromatic rings. The Kier molecular flexibility index (Phi) is 5.78. The van der Waals surface area contributed by atoms with Crippen molar-refractivity contribution in [3.63, 3.8) is 0 Å². The quantitative estimate of drug-likeness (QED) is 0.423. The second kappa shape index (κ2) is 8.61. The van der Waals surface area contributed by atoms with Crippen LogP contribution in [0.15, 0.2) is 77.8 Å². The normalized spacial score (nSPS) is 17.9. The third-order valence-electron chi connectivity index (χ3n) is 5.29. The van der Waals surface area contributed by atoms with Crippen molar-refractivity contribution in [3.05, 3.63) is 94.5 Å². The van der Waals surface area contributed by atoms with Gasteiger partial charge in [0.25, 0.3) is 0 Å². The number of likely N-dealkylation sites (N-methyl/N-ethyl adjacent to an activating group) is 1. The fourth-order valence-electron chi connectivity index (χ4n) is 3.75. The van der Waals surface area contributed by atoms with Crippen molar-refractivity contribution in [2.24, 2.45) is 4.99 Å². The monoisotopic (exact) mass is 646 g/mol. The number of aliphatic imine (C=N–C) groups is 1. The topological polar surface area (TPSA) is 39.7 Å². The standard InChI is InChI=1S/C24H18ClF3N4.Os/c1-32-14-22(30-15-29-19-9-5-8-17(12-19)24(26,27)28)31-23(16-6-3-2-4-7-16)20-13-18(25)10-11-21(20)32;/h2-13,22,29-30H,1H3;. The number of alkyl halides is 3. The van der Waals surface area contributed by atoms with E-state index in [2.05, 4.69) is 15.5 Å². The van der Waals surface area contributed by atoms with Gasteiger partial charge in [0.05, 0.1) is 0 Å². The second-order valence-electron chi connectivity index (χ2n) is 7.52. The molecule has 5 rings (SSSR count). The van der Waals surface area contributed by atoms with Crippen molar-refractivity contribution in [1.82, 2.24) is 5.32 Å². The average Bonchev–Trinajstić information content (AvgIpc) is 3.15. The number of anilines is 2. The molecule has 0 fully saturated rings. The fraction of sp³-hybridized carbons (Fsp3) is 0.125. The zero-order valence-electron chi connectivity index (χ0n) is 17.3. The molecule has 0 radical (unpaired) electrons. The molecule has 170 valence electrons. The van der Waals surface area contributed by atoms with E-state index in [-0.39, 0.29) is 6.17 Å². The summed E-state index contributed by atoms with van der Waals surface area (Å²) in [6.45, 7) is 0. The van der Waals surface area contributed by atoms with E-state index in [0.29, 0.717) is 10.7 Å². The predicted molar refractivity (Wildman–Crippen MR) is 124 cm³/mol. The molecule has 0 bridgehead atoms. The number of hydrogen-bond donors (Lipinski definition) is 2. The Morgan fingerprint density at radius 3 is 2.58 bits per heavy atom. The summed E-state index contributed by atoms with van der Waals surface area (Å²) >= 11 is 5.30. The average molecular weight is 645 g/mol. The summed E-state index contributed by atoms with van der Waals surface area (Å²) in [7, 11) is 2.00. The Balaban J connectivity index is 1.56. The van der Waals surface area contributed by atoms with E-state index in [1.165, 1.54) is 6.07 Å². The van der Waals surface area contributed by atoms with E-state index in [1.54, 1.807) is 6.07 Å². The summed E-state index contributed by atoms with van der Waals surface area (Å²) in [5.41, 5.74) is 3.46. The molecule has 2 aliphatic rings. The number of halogens is 4. The van der Waals surface area contributed by atoms with Crippen molar-refractivity contribution in [2.45, 2.75) is 12.3 Å². The molecule has 1 atom stereocenters. The number of nitrogens with zero attached hydrogens (tertiary/aromatic N) is 2. The molecule has 0 saturated carbocycles. The van der Waals surface area contributed by atoms with Crippen LogP contribution in [0.1, 0.15) is 16.7 Å². The molecule has 1 unspecified atom stereocenters. The molecule has 0 aromatic heterocycles. The van der Waals surface area contributed by atoms with Gasteiger partial charge in [-0.15, -0.1) is 0 Å². The molecular weight excluding hydrogens is 627 g/mol. The van der Waals surface area contributed by atoms with Crippen molar-refractivity contribution < 1.29 is 29.7 Å². The van der Waals surface area contributed by atoms with E-state index in [0.717, 1.165) is 43.2 Å². The molecular formula is C24H18ClF3N4Os. The van der Waals surface area contributed by atoms with Crippen LogP contribution in [0.4, 0.5) is 24.5 Å². The Morgan fingerprint density at radius 2 is 1.82 bits per heavy atom. The maximum absolute atomic E-state index is 13.1. The number of benzene rings is 3. The second-order valence-corrected chi connectivity index (χ2v) is 11.2. The molecule has 0 amide bonds. The van der Waals surface area contributed by atoms with Gasteiger partial charge in [0.1, 0.15) is 0 Å². The van der Waals surface area contributed by atoms with Gasteiger partial charge < -0.3 is 0 Å². The molecule has 4 nitrogen and oxygen atoms in total. The summed E-state index contributed by atoms with van der Waals surface area (Å²) < 4.78 is 41.3. The van der Waals surface area contributed by atoms with Gasteiger partial charge in [-0.3, -0.25) is 0 Å². The van der Waals surface area contributed by atoms with Gasteiger partial charge in [-0.05, 0) is 0 Å². The third kappa shape index (κ3) is 4.43. The Labute approximate surface area is 200 Å². The molecule has 2 N–H and O–H groups in total. The molecule has 2 aliphatic heterocycles. The SMILES string of the molecule is CN1[C]2=[Os]=[C](Nc3cccc(C(F)(F)F)c3)NC2N=C(c2ccccc2)c2cc(Cl)ccc21. The van der Waals surface area contributed by atoms with Crippen LogP contribution < -0.4 is 15.5 Å². The van der Waals surface area contributed by atoms with Crippen molar-refractivity contribution in [1.29, 1.82) is 0 Å². The van der Waals surface area contributed by atoms with Crippen molar-refractivity contribution >= 4 is 37.2 Å². The number of fused-ring (bicyclic) bond motifs is 2. The molecule has 9 heteroatoms. The predicted octanol–water partition coefficient (Wildman–Crippen LogP) is 4.99. The Bertz CT molecular complexity index is 1330. The molecule has 0 spiro atoms. The molecule has 3 aromatic carbocycles. The van der Waals surface area contributed by atoms with Crippen LogP contribution in [0.3, 0.4) is 0 Å². The zero-order chi connectivity index (χ0) is 23.2.